The van der Waals surface area contributed by atoms with Crippen LogP contribution < -0.4 is 11.0 Å². The third kappa shape index (κ3) is 2.36. The zero-order chi connectivity index (χ0) is 10.6. The molecule has 6 nitrogen and oxygen atoms in total. The summed E-state index contributed by atoms with van der Waals surface area (Å²) in [6, 6.07) is 4.21. The van der Waals surface area contributed by atoms with Gasteiger partial charge in [-0.25, -0.2) is 0 Å². The molecule has 74 valence electrons. The van der Waals surface area contributed by atoms with E-state index in [2.05, 4.69) is 5.23 Å². The van der Waals surface area contributed by atoms with Crippen LogP contribution in [0.15, 0.2) is 18.2 Å². The molecule has 1 aromatic carbocycles. The zero-order valence-corrected chi connectivity index (χ0v) is 7.69. The molecule has 0 heterocycles. The van der Waals surface area contributed by atoms with E-state index >= 15 is 0 Å². The fourth-order valence-corrected chi connectivity index (χ4v) is 0.961. The third-order valence-electron chi connectivity index (χ3n) is 1.65. The number of hydrogen-bond donors (Lipinski definition) is 2. The summed E-state index contributed by atoms with van der Waals surface area (Å²) in [6.07, 6.45) is 0. The molecule has 1 aromatic rings. The molecule has 0 spiro atoms. The highest BCUT2D eigenvalue weighted by Crippen LogP contribution is 2.23. The molecule has 0 saturated heterocycles. The van der Waals surface area contributed by atoms with E-state index in [9.17, 15) is 10.1 Å². The number of nitro groups is 1. The summed E-state index contributed by atoms with van der Waals surface area (Å²) in [7, 11) is 1.77. The van der Waals surface area contributed by atoms with Gasteiger partial charge in [0.25, 0.3) is 5.69 Å². The zero-order valence-electron chi connectivity index (χ0n) is 7.69. The average Bonchev–Trinajstić information content (AvgIpc) is 2.16. The fourth-order valence-electron chi connectivity index (χ4n) is 0.961. The summed E-state index contributed by atoms with van der Waals surface area (Å²) in [5, 5.41) is 13.3. The largest absolute Gasteiger partial charge is 0.422 e. The van der Waals surface area contributed by atoms with Gasteiger partial charge in [-0.05, 0) is 6.07 Å². The molecule has 1 rings (SSSR count). The van der Waals surface area contributed by atoms with Crippen LogP contribution in [0.5, 0.6) is 0 Å². The predicted octanol–water partition coefficient (Wildman–Crippen LogP) is 0.502. The second-order valence-electron chi connectivity index (χ2n) is 2.64. The van der Waals surface area contributed by atoms with Gasteiger partial charge in [0.1, 0.15) is 0 Å². The number of non-ortho nitro benzene ring substituents is 1. The van der Waals surface area contributed by atoms with Gasteiger partial charge in [0, 0.05) is 19.2 Å². The first-order valence-electron chi connectivity index (χ1n) is 3.92. The van der Waals surface area contributed by atoms with E-state index in [0.29, 0.717) is 11.4 Å². The van der Waals surface area contributed by atoms with Gasteiger partial charge >= 0.3 is 7.62 Å². The van der Waals surface area contributed by atoms with E-state index in [1.807, 2.05) is 0 Å². The van der Waals surface area contributed by atoms with Crippen LogP contribution in [0.4, 0.5) is 17.1 Å². The minimum Gasteiger partial charge on any atom is -0.422 e. The van der Waals surface area contributed by atoms with Crippen LogP contribution in [-0.2, 0) is 4.65 Å². The smallest absolute Gasteiger partial charge is 0.393 e. The van der Waals surface area contributed by atoms with Crippen LogP contribution in [0.25, 0.3) is 0 Å². The van der Waals surface area contributed by atoms with Crippen molar-refractivity contribution in [2.24, 2.45) is 0 Å². The number of benzene rings is 1. The molecule has 14 heavy (non-hydrogen) atoms. The van der Waals surface area contributed by atoms with Gasteiger partial charge in [0.2, 0.25) is 0 Å². The Morgan fingerprint density at radius 3 is 2.93 bits per heavy atom. The number of anilines is 2. The number of rotatable bonds is 4. The van der Waals surface area contributed by atoms with Crippen LogP contribution in [-0.4, -0.2) is 19.7 Å². The molecule has 0 amide bonds. The lowest BCUT2D eigenvalue weighted by atomic mass is 10.2. The van der Waals surface area contributed by atoms with Crippen molar-refractivity contribution in [3.05, 3.63) is 28.3 Å². The van der Waals surface area contributed by atoms with Gasteiger partial charge in [-0.15, -0.1) is 0 Å². The lowest BCUT2D eigenvalue weighted by Gasteiger charge is -2.06. The molecule has 0 atom stereocenters. The summed E-state index contributed by atoms with van der Waals surface area (Å²) in [6.45, 7) is 0. The van der Waals surface area contributed by atoms with Crippen LogP contribution in [0, 0.1) is 10.1 Å². The number of nitrogens with one attached hydrogen (secondary N) is 1. The van der Waals surface area contributed by atoms with Crippen LogP contribution >= 0.6 is 0 Å². The standard InChI is InChI=1S/C7H10BN3O3/c1-14-8-10-7-4-5(11(12)13)2-3-6(7)9/h2-4,8,10H,9H2,1H3. The Balaban J connectivity index is 2.90. The maximum atomic E-state index is 10.4. The minimum absolute atomic E-state index is 0.00203. The van der Waals surface area contributed by atoms with E-state index in [1.165, 1.54) is 25.3 Å². The molecule has 0 bridgehead atoms. The summed E-state index contributed by atoms with van der Waals surface area (Å²) >= 11 is 0. The molecule has 7 heteroatoms. The van der Waals surface area contributed by atoms with E-state index in [1.54, 1.807) is 0 Å². The Morgan fingerprint density at radius 1 is 1.64 bits per heavy atom. The van der Waals surface area contributed by atoms with Crippen molar-refractivity contribution in [2.75, 3.05) is 18.1 Å². The molecule has 0 aliphatic carbocycles. The van der Waals surface area contributed by atoms with Crippen LogP contribution in [0.1, 0.15) is 0 Å². The Morgan fingerprint density at radius 2 is 2.36 bits per heavy atom. The maximum Gasteiger partial charge on any atom is 0.393 e. The van der Waals surface area contributed by atoms with Crippen molar-refractivity contribution in [3.8, 4) is 0 Å². The number of hydrogen-bond acceptors (Lipinski definition) is 5. The second kappa shape index (κ2) is 4.47. The van der Waals surface area contributed by atoms with E-state index in [-0.39, 0.29) is 13.3 Å². The lowest BCUT2D eigenvalue weighted by molar-refractivity contribution is -0.384. The lowest BCUT2D eigenvalue weighted by Crippen LogP contribution is -2.10. The minimum atomic E-state index is -0.475. The third-order valence-corrected chi connectivity index (χ3v) is 1.65. The molecule has 0 aromatic heterocycles. The SMILES string of the molecule is COBNc1cc([N+](=O)[O-])ccc1N. The monoisotopic (exact) mass is 195 g/mol. The summed E-state index contributed by atoms with van der Waals surface area (Å²) < 4.78 is 4.76. The summed E-state index contributed by atoms with van der Waals surface area (Å²) in [5.74, 6) is 0. The molecule has 0 unspecified atom stereocenters. The van der Waals surface area contributed by atoms with Gasteiger partial charge < -0.3 is 15.6 Å². The first-order chi connectivity index (χ1) is 6.65. The maximum absolute atomic E-state index is 10.4. The van der Waals surface area contributed by atoms with Crippen molar-refractivity contribution >= 4 is 24.7 Å². The van der Waals surface area contributed by atoms with Crippen LogP contribution in [0.2, 0.25) is 0 Å². The molecule has 0 aliphatic heterocycles. The quantitative estimate of drug-likeness (QED) is 0.316. The highest BCUT2D eigenvalue weighted by Gasteiger charge is 2.08. The second-order valence-corrected chi connectivity index (χ2v) is 2.64. The van der Waals surface area contributed by atoms with Crippen molar-refractivity contribution < 1.29 is 9.58 Å². The number of nitro benzene ring substituents is 1. The molecule has 0 fully saturated rings. The van der Waals surface area contributed by atoms with E-state index < -0.39 is 4.92 Å². The summed E-state index contributed by atoms with van der Waals surface area (Å²) in [4.78, 5) is 9.97. The van der Waals surface area contributed by atoms with Crippen molar-refractivity contribution in [2.45, 2.75) is 0 Å². The number of nitrogens with two attached hydrogens (primary N) is 1. The predicted molar refractivity (Wildman–Crippen MR) is 55.3 cm³/mol. The highest BCUT2D eigenvalue weighted by molar-refractivity contribution is 6.33. The molecule has 3 N–H and O–H groups in total. The topological polar surface area (TPSA) is 90.4 Å². The van der Waals surface area contributed by atoms with Gasteiger partial charge in [0.15, 0.2) is 0 Å². The fraction of sp³-hybridized carbons (Fsp3) is 0.143. The van der Waals surface area contributed by atoms with Crippen molar-refractivity contribution in [1.29, 1.82) is 0 Å². The van der Waals surface area contributed by atoms with E-state index in [4.69, 9.17) is 10.4 Å². The van der Waals surface area contributed by atoms with Gasteiger partial charge in [0.05, 0.1) is 16.3 Å². The van der Waals surface area contributed by atoms with Gasteiger partial charge in [-0.3, -0.25) is 10.1 Å². The average molecular weight is 195 g/mol. The molecular weight excluding hydrogens is 185 g/mol. The first kappa shape index (κ1) is 10.3. The van der Waals surface area contributed by atoms with E-state index in [0.717, 1.165) is 0 Å². The Hall–Kier alpha value is -1.76. The Kier molecular flexibility index (Phi) is 3.30. The molecular formula is C7H10BN3O3. The van der Waals surface area contributed by atoms with Crippen LogP contribution in [0.3, 0.4) is 0 Å². The van der Waals surface area contributed by atoms with Gasteiger partial charge in [-0.2, -0.15) is 0 Å². The highest BCUT2D eigenvalue weighted by atomic mass is 16.6. The summed E-state index contributed by atoms with van der Waals surface area (Å²) in [5.41, 5.74) is 6.54. The molecule has 0 aliphatic rings. The van der Waals surface area contributed by atoms with Crippen molar-refractivity contribution in [1.82, 2.24) is 0 Å². The Bertz CT molecular complexity index is 345. The normalized spacial score (nSPS) is 9.50. The number of nitrogen functional groups attached to an aromatic ring is 1. The molecule has 0 saturated carbocycles. The molecule has 0 radical (unpaired) electrons. The first-order valence-corrected chi connectivity index (χ1v) is 3.92. The Labute approximate surface area is 81.5 Å². The van der Waals surface area contributed by atoms with Gasteiger partial charge in [-0.1, -0.05) is 0 Å². The number of nitrogens with zero attached hydrogens (tertiary/aromatic N) is 1. The van der Waals surface area contributed by atoms with Crippen molar-refractivity contribution in [3.63, 3.8) is 0 Å².